The first-order valence-corrected chi connectivity index (χ1v) is 6.99. The topological polar surface area (TPSA) is 43.4 Å². The van der Waals surface area contributed by atoms with Gasteiger partial charge in [-0.2, -0.15) is 0 Å². The third kappa shape index (κ3) is 3.11. The number of nitrogens with one attached hydrogen (secondary N) is 1. The van der Waals surface area contributed by atoms with E-state index in [0.29, 0.717) is 0 Å². The van der Waals surface area contributed by atoms with E-state index in [1.165, 1.54) is 0 Å². The van der Waals surface area contributed by atoms with E-state index in [-0.39, 0.29) is 6.04 Å². The summed E-state index contributed by atoms with van der Waals surface area (Å²) in [6.07, 6.45) is 1.79. The minimum atomic E-state index is -0.0380. The van der Waals surface area contributed by atoms with Crippen LogP contribution in [0.15, 0.2) is 41.0 Å². The molecule has 2 rings (SSSR count). The SMILES string of the molecule is CNC(c1ccc(Br)cn1)c1ccc(OC)cc1OC. The van der Waals surface area contributed by atoms with Crippen LogP contribution in [-0.2, 0) is 0 Å². The molecule has 0 spiro atoms. The van der Waals surface area contributed by atoms with Gasteiger partial charge in [-0.25, -0.2) is 0 Å². The van der Waals surface area contributed by atoms with E-state index < -0.39 is 0 Å². The minimum absolute atomic E-state index is 0.0380. The summed E-state index contributed by atoms with van der Waals surface area (Å²) in [4.78, 5) is 4.45. The van der Waals surface area contributed by atoms with Crippen LogP contribution in [0.1, 0.15) is 17.3 Å². The van der Waals surface area contributed by atoms with Crippen molar-refractivity contribution in [2.24, 2.45) is 0 Å². The molecule has 0 saturated heterocycles. The lowest BCUT2D eigenvalue weighted by Gasteiger charge is -2.19. The molecule has 20 heavy (non-hydrogen) atoms. The van der Waals surface area contributed by atoms with Crippen molar-refractivity contribution in [1.82, 2.24) is 10.3 Å². The molecule has 0 aliphatic heterocycles. The van der Waals surface area contributed by atoms with E-state index in [9.17, 15) is 0 Å². The second-order valence-electron chi connectivity index (χ2n) is 4.23. The molecule has 1 heterocycles. The predicted molar refractivity (Wildman–Crippen MR) is 82.4 cm³/mol. The second-order valence-corrected chi connectivity index (χ2v) is 5.15. The zero-order chi connectivity index (χ0) is 14.5. The fourth-order valence-corrected chi connectivity index (χ4v) is 2.31. The molecular weight excluding hydrogens is 320 g/mol. The Kier molecular flexibility index (Phi) is 4.98. The van der Waals surface area contributed by atoms with Crippen LogP contribution in [0.5, 0.6) is 11.5 Å². The first-order valence-electron chi connectivity index (χ1n) is 6.20. The van der Waals surface area contributed by atoms with Gasteiger partial charge in [0.1, 0.15) is 11.5 Å². The smallest absolute Gasteiger partial charge is 0.127 e. The third-order valence-electron chi connectivity index (χ3n) is 3.09. The molecule has 2 aromatic rings. The van der Waals surface area contributed by atoms with Crippen molar-refractivity contribution in [3.05, 3.63) is 52.3 Å². The quantitative estimate of drug-likeness (QED) is 0.910. The molecule has 0 bridgehead atoms. The highest BCUT2D eigenvalue weighted by molar-refractivity contribution is 9.10. The second kappa shape index (κ2) is 6.72. The Hall–Kier alpha value is -1.59. The highest BCUT2D eigenvalue weighted by Crippen LogP contribution is 2.32. The van der Waals surface area contributed by atoms with Crippen molar-refractivity contribution in [3.63, 3.8) is 0 Å². The van der Waals surface area contributed by atoms with Crippen molar-refractivity contribution >= 4 is 15.9 Å². The van der Waals surface area contributed by atoms with E-state index in [1.807, 2.05) is 37.4 Å². The van der Waals surface area contributed by atoms with Gasteiger partial charge >= 0.3 is 0 Å². The number of methoxy groups -OCH3 is 2. The summed E-state index contributed by atoms with van der Waals surface area (Å²) in [7, 11) is 5.19. The predicted octanol–water partition coefficient (Wildman–Crippen LogP) is 3.17. The van der Waals surface area contributed by atoms with Gasteiger partial charge in [-0.3, -0.25) is 4.98 Å². The van der Waals surface area contributed by atoms with Crippen LogP contribution >= 0.6 is 15.9 Å². The van der Waals surface area contributed by atoms with Crippen LogP contribution in [0.25, 0.3) is 0 Å². The van der Waals surface area contributed by atoms with Gasteiger partial charge in [0.05, 0.1) is 26.0 Å². The third-order valence-corrected chi connectivity index (χ3v) is 3.56. The average molecular weight is 337 g/mol. The molecule has 106 valence electrons. The van der Waals surface area contributed by atoms with Crippen LogP contribution < -0.4 is 14.8 Å². The molecule has 1 unspecified atom stereocenters. The Labute approximate surface area is 127 Å². The van der Waals surface area contributed by atoms with Crippen molar-refractivity contribution in [2.75, 3.05) is 21.3 Å². The van der Waals surface area contributed by atoms with Crippen molar-refractivity contribution in [3.8, 4) is 11.5 Å². The maximum atomic E-state index is 5.46. The summed E-state index contributed by atoms with van der Waals surface area (Å²) in [5, 5.41) is 3.27. The fraction of sp³-hybridized carbons (Fsp3) is 0.267. The molecule has 0 aliphatic carbocycles. The molecular formula is C15H17BrN2O2. The summed E-state index contributed by atoms with van der Waals surface area (Å²) in [6, 6.07) is 9.70. The number of nitrogens with zero attached hydrogens (tertiary/aromatic N) is 1. The Morgan fingerprint density at radius 3 is 2.50 bits per heavy atom. The van der Waals surface area contributed by atoms with Gasteiger partial charge in [0.2, 0.25) is 0 Å². The molecule has 1 aromatic heterocycles. The van der Waals surface area contributed by atoms with E-state index in [0.717, 1.165) is 27.2 Å². The highest BCUT2D eigenvalue weighted by Gasteiger charge is 2.18. The molecule has 0 aliphatic rings. The number of halogens is 1. The van der Waals surface area contributed by atoms with Gasteiger partial charge < -0.3 is 14.8 Å². The number of benzene rings is 1. The molecule has 0 amide bonds. The molecule has 0 saturated carbocycles. The Balaban J connectivity index is 2.43. The fourth-order valence-electron chi connectivity index (χ4n) is 2.08. The van der Waals surface area contributed by atoms with Crippen LogP contribution in [0, 0.1) is 0 Å². The molecule has 4 nitrogen and oxygen atoms in total. The van der Waals surface area contributed by atoms with Gasteiger partial charge in [0.25, 0.3) is 0 Å². The standard InChI is InChI=1S/C15H17BrN2O2/c1-17-15(13-7-4-10(16)9-18-13)12-6-5-11(19-2)8-14(12)20-3/h4-9,15,17H,1-3H3. The maximum Gasteiger partial charge on any atom is 0.127 e. The molecule has 1 aromatic carbocycles. The highest BCUT2D eigenvalue weighted by atomic mass is 79.9. The zero-order valence-corrected chi connectivity index (χ0v) is 13.3. The zero-order valence-electron chi connectivity index (χ0n) is 11.7. The van der Waals surface area contributed by atoms with Crippen molar-refractivity contribution < 1.29 is 9.47 Å². The lowest BCUT2D eigenvalue weighted by molar-refractivity contribution is 0.388. The van der Waals surface area contributed by atoms with E-state index in [2.05, 4.69) is 26.2 Å². The normalized spacial score (nSPS) is 12.0. The minimum Gasteiger partial charge on any atom is -0.497 e. The number of ether oxygens (including phenoxy) is 2. The van der Waals surface area contributed by atoms with Crippen LogP contribution in [0.3, 0.4) is 0 Å². The Morgan fingerprint density at radius 2 is 1.95 bits per heavy atom. The van der Waals surface area contributed by atoms with E-state index in [4.69, 9.17) is 9.47 Å². The van der Waals surface area contributed by atoms with Gasteiger partial charge in [-0.05, 0) is 47.2 Å². The molecule has 0 fully saturated rings. The van der Waals surface area contributed by atoms with Crippen LogP contribution in [-0.4, -0.2) is 26.3 Å². The van der Waals surface area contributed by atoms with Gasteiger partial charge in [-0.15, -0.1) is 0 Å². The Morgan fingerprint density at radius 1 is 1.15 bits per heavy atom. The summed E-state index contributed by atoms with van der Waals surface area (Å²) >= 11 is 3.40. The average Bonchev–Trinajstić information content (AvgIpc) is 2.50. The number of pyridine rings is 1. The number of aromatic nitrogens is 1. The molecule has 5 heteroatoms. The van der Waals surface area contributed by atoms with Gasteiger partial charge in [0.15, 0.2) is 0 Å². The lowest BCUT2D eigenvalue weighted by Crippen LogP contribution is -2.19. The summed E-state index contributed by atoms with van der Waals surface area (Å²) in [5.41, 5.74) is 1.95. The van der Waals surface area contributed by atoms with Gasteiger partial charge in [0, 0.05) is 22.3 Å². The Bertz CT molecular complexity index is 573. The van der Waals surface area contributed by atoms with Crippen LogP contribution in [0.4, 0.5) is 0 Å². The largest absolute Gasteiger partial charge is 0.497 e. The number of rotatable bonds is 5. The van der Waals surface area contributed by atoms with E-state index >= 15 is 0 Å². The number of hydrogen-bond acceptors (Lipinski definition) is 4. The first kappa shape index (κ1) is 14.8. The van der Waals surface area contributed by atoms with Crippen molar-refractivity contribution in [2.45, 2.75) is 6.04 Å². The van der Waals surface area contributed by atoms with Crippen molar-refractivity contribution in [1.29, 1.82) is 0 Å². The molecule has 1 N–H and O–H groups in total. The first-order chi connectivity index (χ1) is 9.69. The molecule has 1 atom stereocenters. The summed E-state index contributed by atoms with van der Waals surface area (Å²) in [6.45, 7) is 0. The van der Waals surface area contributed by atoms with Gasteiger partial charge in [-0.1, -0.05) is 0 Å². The van der Waals surface area contributed by atoms with E-state index in [1.54, 1.807) is 20.4 Å². The van der Waals surface area contributed by atoms with Crippen LogP contribution in [0.2, 0.25) is 0 Å². The monoisotopic (exact) mass is 336 g/mol. The molecule has 0 radical (unpaired) electrons. The maximum absolute atomic E-state index is 5.46. The number of hydrogen-bond donors (Lipinski definition) is 1. The summed E-state index contributed by atoms with van der Waals surface area (Å²) < 4.78 is 11.6. The lowest BCUT2D eigenvalue weighted by atomic mass is 10.0. The summed E-state index contributed by atoms with van der Waals surface area (Å²) in [5.74, 6) is 1.54.